The SMILES string of the molecule is CC1CC1CNS(=O)(=O)c1cccc(C(N)=O)c1. The first kappa shape index (κ1) is 13.0. The molecule has 3 N–H and O–H groups in total. The molecule has 0 saturated heterocycles. The number of sulfonamides is 1. The number of nitrogens with two attached hydrogens (primary N) is 1. The summed E-state index contributed by atoms with van der Waals surface area (Å²) in [6.07, 6.45) is 1.06. The lowest BCUT2D eigenvalue weighted by Crippen LogP contribution is -2.26. The first-order chi connectivity index (χ1) is 8.40. The van der Waals surface area contributed by atoms with Gasteiger partial charge in [-0.25, -0.2) is 13.1 Å². The van der Waals surface area contributed by atoms with E-state index in [2.05, 4.69) is 11.6 Å². The van der Waals surface area contributed by atoms with Gasteiger partial charge in [0, 0.05) is 12.1 Å². The number of rotatable bonds is 5. The molecular formula is C12H16N2O3S. The summed E-state index contributed by atoms with van der Waals surface area (Å²) in [5.41, 5.74) is 5.31. The van der Waals surface area contributed by atoms with Crippen molar-refractivity contribution in [1.82, 2.24) is 4.72 Å². The van der Waals surface area contributed by atoms with Gasteiger partial charge in [0.1, 0.15) is 0 Å². The van der Waals surface area contributed by atoms with E-state index in [4.69, 9.17) is 5.73 Å². The van der Waals surface area contributed by atoms with Crippen molar-refractivity contribution in [2.75, 3.05) is 6.54 Å². The molecular weight excluding hydrogens is 252 g/mol. The highest BCUT2D eigenvalue weighted by molar-refractivity contribution is 7.89. The first-order valence-electron chi connectivity index (χ1n) is 5.79. The zero-order valence-corrected chi connectivity index (χ0v) is 10.9. The molecule has 5 nitrogen and oxygen atoms in total. The highest BCUT2D eigenvalue weighted by Gasteiger charge is 2.33. The lowest BCUT2D eigenvalue weighted by molar-refractivity contribution is 0.1000. The van der Waals surface area contributed by atoms with E-state index in [0.717, 1.165) is 6.42 Å². The molecule has 1 aliphatic carbocycles. The van der Waals surface area contributed by atoms with Gasteiger partial charge in [0.2, 0.25) is 15.9 Å². The molecule has 0 aromatic heterocycles. The van der Waals surface area contributed by atoms with Crippen LogP contribution < -0.4 is 10.5 Å². The Morgan fingerprint density at radius 3 is 2.72 bits per heavy atom. The van der Waals surface area contributed by atoms with Gasteiger partial charge in [0.15, 0.2) is 0 Å². The fourth-order valence-electron chi connectivity index (χ4n) is 1.80. The Kier molecular flexibility index (Phi) is 3.41. The van der Waals surface area contributed by atoms with E-state index in [-0.39, 0.29) is 10.5 Å². The van der Waals surface area contributed by atoms with Crippen molar-refractivity contribution in [3.8, 4) is 0 Å². The first-order valence-corrected chi connectivity index (χ1v) is 7.28. The van der Waals surface area contributed by atoms with Crippen molar-refractivity contribution in [2.45, 2.75) is 18.2 Å². The van der Waals surface area contributed by atoms with Gasteiger partial charge in [0.05, 0.1) is 4.90 Å². The standard InChI is InChI=1S/C12H16N2O3S/c1-8-5-10(8)7-14-18(16,17)11-4-2-3-9(6-11)12(13)15/h2-4,6,8,10,14H,5,7H2,1H3,(H2,13,15). The van der Waals surface area contributed by atoms with E-state index >= 15 is 0 Å². The maximum absolute atomic E-state index is 12.0. The Balaban J connectivity index is 2.13. The quantitative estimate of drug-likeness (QED) is 0.824. The largest absolute Gasteiger partial charge is 0.366 e. The van der Waals surface area contributed by atoms with Crippen LogP contribution in [0.1, 0.15) is 23.7 Å². The molecule has 18 heavy (non-hydrogen) atoms. The predicted octanol–water partition coefficient (Wildman–Crippen LogP) is 0.720. The second-order valence-corrected chi connectivity index (χ2v) is 6.48. The third-order valence-corrected chi connectivity index (χ3v) is 4.66. The molecule has 0 heterocycles. The van der Waals surface area contributed by atoms with Crippen LogP contribution in [0.25, 0.3) is 0 Å². The van der Waals surface area contributed by atoms with Gasteiger partial charge in [-0.05, 0) is 36.5 Å². The summed E-state index contributed by atoms with van der Waals surface area (Å²) in [6.45, 7) is 2.54. The molecule has 0 bridgehead atoms. The molecule has 1 aromatic rings. The molecule has 1 amide bonds. The predicted molar refractivity (Wildman–Crippen MR) is 67.4 cm³/mol. The molecule has 1 fully saturated rings. The maximum atomic E-state index is 12.0. The number of primary amides is 1. The average Bonchev–Trinajstić information content (AvgIpc) is 3.03. The summed E-state index contributed by atoms with van der Waals surface area (Å²) in [5.74, 6) is 0.381. The Morgan fingerprint density at radius 1 is 1.50 bits per heavy atom. The molecule has 1 saturated carbocycles. The summed E-state index contributed by atoms with van der Waals surface area (Å²) < 4.78 is 26.5. The van der Waals surface area contributed by atoms with Crippen molar-refractivity contribution in [2.24, 2.45) is 17.6 Å². The molecule has 2 unspecified atom stereocenters. The van der Waals surface area contributed by atoms with Crippen molar-refractivity contribution in [1.29, 1.82) is 0 Å². The monoisotopic (exact) mass is 268 g/mol. The molecule has 98 valence electrons. The van der Waals surface area contributed by atoms with E-state index in [1.165, 1.54) is 24.3 Å². The van der Waals surface area contributed by atoms with Crippen LogP contribution in [0.3, 0.4) is 0 Å². The summed E-state index contributed by atoms with van der Waals surface area (Å²) in [5, 5.41) is 0. The highest BCUT2D eigenvalue weighted by Crippen LogP contribution is 2.37. The number of hydrogen-bond donors (Lipinski definition) is 2. The van der Waals surface area contributed by atoms with Crippen molar-refractivity contribution in [3.05, 3.63) is 29.8 Å². The van der Waals surface area contributed by atoms with Gasteiger partial charge in [-0.15, -0.1) is 0 Å². The van der Waals surface area contributed by atoms with Gasteiger partial charge in [-0.1, -0.05) is 13.0 Å². The van der Waals surface area contributed by atoms with E-state index in [0.29, 0.717) is 18.4 Å². The Morgan fingerprint density at radius 2 is 2.17 bits per heavy atom. The summed E-state index contributed by atoms with van der Waals surface area (Å²) >= 11 is 0. The van der Waals surface area contributed by atoms with Gasteiger partial charge < -0.3 is 5.73 Å². The fraction of sp³-hybridized carbons (Fsp3) is 0.417. The second kappa shape index (κ2) is 4.70. The number of carbonyl (C=O) groups is 1. The molecule has 0 radical (unpaired) electrons. The minimum absolute atomic E-state index is 0.0760. The summed E-state index contributed by atoms with van der Waals surface area (Å²) in [7, 11) is -3.55. The lowest BCUT2D eigenvalue weighted by Gasteiger charge is -2.07. The molecule has 6 heteroatoms. The number of carbonyl (C=O) groups excluding carboxylic acids is 1. The van der Waals surface area contributed by atoms with Gasteiger partial charge in [0.25, 0.3) is 0 Å². The van der Waals surface area contributed by atoms with Crippen LogP contribution in [0.15, 0.2) is 29.2 Å². The molecule has 0 spiro atoms. The minimum Gasteiger partial charge on any atom is -0.366 e. The van der Waals surface area contributed by atoms with Gasteiger partial charge in [-0.2, -0.15) is 0 Å². The zero-order chi connectivity index (χ0) is 13.3. The number of benzene rings is 1. The van der Waals surface area contributed by atoms with Crippen molar-refractivity contribution >= 4 is 15.9 Å². The second-order valence-electron chi connectivity index (χ2n) is 4.72. The third-order valence-electron chi connectivity index (χ3n) is 3.24. The van der Waals surface area contributed by atoms with Crippen LogP contribution in [-0.2, 0) is 10.0 Å². The van der Waals surface area contributed by atoms with Crippen molar-refractivity contribution in [3.63, 3.8) is 0 Å². The molecule has 0 aliphatic heterocycles. The maximum Gasteiger partial charge on any atom is 0.248 e. The van der Waals surface area contributed by atoms with Crippen LogP contribution in [0.2, 0.25) is 0 Å². The normalized spacial score (nSPS) is 22.7. The Hall–Kier alpha value is -1.40. The Labute approximate surface area is 106 Å². The summed E-state index contributed by atoms with van der Waals surface area (Å²) in [6, 6.07) is 5.74. The van der Waals surface area contributed by atoms with E-state index < -0.39 is 15.9 Å². The number of nitrogens with one attached hydrogen (secondary N) is 1. The van der Waals surface area contributed by atoms with E-state index in [1.54, 1.807) is 0 Å². The lowest BCUT2D eigenvalue weighted by atomic mass is 10.2. The topological polar surface area (TPSA) is 89.3 Å². The van der Waals surface area contributed by atoms with Gasteiger partial charge in [-0.3, -0.25) is 4.79 Å². The van der Waals surface area contributed by atoms with Crippen LogP contribution in [0.4, 0.5) is 0 Å². The molecule has 1 aromatic carbocycles. The smallest absolute Gasteiger partial charge is 0.248 e. The van der Waals surface area contributed by atoms with Crippen LogP contribution in [-0.4, -0.2) is 20.9 Å². The number of amides is 1. The third kappa shape index (κ3) is 2.88. The molecule has 2 rings (SSSR count). The van der Waals surface area contributed by atoms with E-state index in [9.17, 15) is 13.2 Å². The number of hydrogen-bond acceptors (Lipinski definition) is 3. The van der Waals surface area contributed by atoms with Crippen LogP contribution in [0.5, 0.6) is 0 Å². The van der Waals surface area contributed by atoms with Crippen LogP contribution >= 0.6 is 0 Å². The highest BCUT2D eigenvalue weighted by atomic mass is 32.2. The molecule has 1 aliphatic rings. The van der Waals surface area contributed by atoms with Crippen molar-refractivity contribution < 1.29 is 13.2 Å². The average molecular weight is 268 g/mol. The van der Waals surface area contributed by atoms with Gasteiger partial charge >= 0.3 is 0 Å². The zero-order valence-electron chi connectivity index (χ0n) is 10.1. The summed E-state index contributed by atoms with van der Waals surface area (Å²) in [4.78, 5) is 11.1. The minimum atomic E-state index is -3.55. The fourth-order valence-corrected chi connectivity index (χ4v) is 2.94. The Bertz CT molecular complexity index is 568. The molecule has 2 atom stereocenters. The van der Waals surface area contributed by atoms with E-state index in [1.807, 2.05) is 0 Å². The van der Waals surface area contributed by atoms with Crippen LogP contribution in [0, 0.1) is 11.8 Å².